The Labute approximate surface area is 345 Å². The lowest BCUT2D eigenvalue weighted by molar-refractivity contribution is -0.322. The zero-order valence-electron chi connectivity index (χ0n) is 34.8. The summed E-state index contributed by atoms with van der Waals surface area (Å²) < 4.78 is 34.0. The van der Waals surface area contributed by atoms with Crippen LogP contribution in [0.3, 0.4) is 0 Å². The van der Waals surface area contributed by atoms with Crippen LogP contribution >= 0.6 is 0 Å². The SMILES string of the molecule is C=C[C@](C)(O)CC/C=C(\C)C(=O)O[C@@H]1[C@@H](O)[C@H](O[C@@](C)(C=C)CC/C=C(\C)C(=O)O[C@@H]2O[C@H](CO)[C@@H](O)[C@H](O)[C@H]2O)O[C@H](CO)[C@H]1OC(=O)/C(C)=C/CC[C@@](C)(O)C=C. The van der Waals surface area contributed by atoms with Gasteiger partial charge in [0.1, 0.15) is 36.6 Å². The van der Waals surface area contributed by atoms with Crippen molar-refractivity contribution in [3.05, 3.63) is 72.9 Å². The zero-order chi connectivity index (χ0) is 44.9. The highest BCUT2D eigenvalue weighted by Crippen LogP contribution is 2.33. The first-order chi connectivity index (χ1) is 27.5. The van der Waals surface area contributed by atoms with E-state index in [2.05, 4.69) is 19.7 Å². The molecule has 0 spiro atoms. The van der Waals surface area contributed by atoms with Gasteiger partial charge in [0, 0.05) is 16.7 Å². The largest absolute Gasteiger partial charge is 0.452 e. The predicted octanol–water partition coefficient (Wildman–Crippen LogP) is 1.25. The maximum atomic E-state index is 13.4. The molecule has 17 nitrogen and oxygen atoms in total. The van der Waals surface area contributed by atoms with Gasteiger partial charge in [-0.1, -0.05) is 36.5 Å². The summed E-state index contributed by atoms with van der Waals surface area (Å²) in [6.45, 7) is 18.6. The summed E-state index contributed by atoms with van der Waals surface area (Å²) in [6, 6.07) is 0. The fourth-order valence-corrected chi connectivity index (χ4v) is 5.88. The molecular formula is C42H64O17. The lowest BCUT2D eigenvalue weighted by Crippen LogP contribution is -2.62. The zero-order valence-corrected chi connectivity index (χ0v) is 34.8. The summed E-state index contributed by atoms with van der Waals surface area (Å²) in [7, 11) is 0. The normalized spacial score (nSPS) is 31.1. The number of carbonyl (C=O) groups is 3. The average Bonchev–Trinajstić information content (AvgIpc) is 3.19. The van der Waals surface area contributed by atoms with Crippen molar-refractivity contribution in [1.29, 1.82) is 0 Å². The molecule has 0 unspecified atom stereocenters. The molecule has 2 heterocycles. The Kier molecular flexibility index (Phi) is 20.0. The molecule has 0 saturated carbocycles. The van der Waals surface area contributed by atoms with E-state index >= 15 is 0 Å². The maximum Gasteiger partial charge on any atom is 0.335 e. The molecule has 334 valence electrons. The minimum atomic E-state index is -1.80. The number of hydrogen-bond acceptors (Lipinski definition) is 17. The van der Waals surface area contributed by atoms with Gasteiger partial charge in [-0.25, -0.2) is 14.4 Å². The Morgan fingerprint density at radius 1 is 0.576 bits per heavy atom. The molecule has 13 atom stereocenters. The van der Waals surface area contributed by atoms with Gasteiger partial charge in [-0.2, -0.15) is 0 Å². The molecule has 2 rings (SSSR count). The maximum absolute atomic E-state index is 13.4. The van der Waals surface area contributed by atoms with Crippen molar-refractivity contribution < 1.29 is 83.7 Å². The number of aliphatic hydroxyl groups excluding tert-OH is 6. The van der Waals surface area contributed by atoms with Crippen molar-refractivity contribution in [2.24, 2.45) is 0 Å². The first kappa shape index (κ1) is 51.6. The second kappa shape index (κ2) is 22.9. The molecule has 0 aliphatic carbocycles. The van der Waals surface area contributed by atoms with E-state index in [4.69, 9.17) is 28.4 Å². The van der Waals surface area contributed by atoms with Gasteiger partial charge in [-0.3, -0.25) is 0 Å². The summed E-state index contributed by atoms with van der Waals surface area (Å²) in [5.74, 6) is -2.70. The number of carbonyl (C=O) groups excluding carboxylic acids is 3. The van der Waals surface area contributed by atoms with E-state index < -0.39 is 109 Å². The second-order valence-corrected chi connectivity index (χ2v) is 15.6. The summed E-state index contributed by atoms with van der Waals surface area (Å²) >= 11 is 0. The smallest absolute Gasteiger partial charge is 0.335 e. The van der Waals surface area contributed by atoms with Gasteiger partial charge < -0.3 is 69.3 Å². The highest BCUT2D eigenvalue weighted by Gasteiger charge is 2.52. The lowest BCUT2D eigenvalue weighted by Gasteiger charge is -2.45. The van der Waals surface area contributed by atoms with Gasteiger partial charge in [0.05, 0.1) is 30.0 Å². The van der Waals surface area contributed by atoms with Gasteiger partial charge in [0.15, 0.2) is 18.5 Å². The minimum Gasteiger partial charge on any atom is -0.452 e. The molecule has 0 radical (unpaired) electrons. The number of aliphatic hydroxyl groups is 8. The monoisotopic (exact) mass is 840 g/mol. The highest BCUT2D eigenvalue weighted by molar-refractivity contribution is 5.89. The Hall–Kier alpha value is -3.59. The van der Waals surface area contributed by atoms with Gasteiger partial charge >= 0.3 is 17.9 Å². The van der Waals surface area contributed by atoms with Crippen LogP contribution in [0.5, 0.6) is 0 Å². The summed E-state index contributed by atoms with van der Waals surface area (Å²) in [4.78, 5) is 39.5. The van der Waals surface area contributed by atoms with E-state index in [1.54, 1.807) is 20.8 Å². The van der Waals surface area contributed by atoms with Gasteiger partial charge in [-0.15, -0.1) is 19.7 Å². The van der Waals surface area contributed by atoms with Crippen molar-refractivity contribution in [3.8, 4) is 0 Å². The number of esters is 3. The molecule has 0 aromatic rings. The van der Waals surface area contributed by atoms with E-state index in [0.717, 1.165) is 0 Å². The van der Waals surface area contributed by atoms with Crippen LogP contribution in [-0.4, -0.2) is 150 Å². The van der Waals surface area contributed by atoms with E-state index in [1.165, 1.54) is 57.2 Å². The molecule has 17 heteroatoms. The molecule has 0 bridgehead atoms. The standard InChI is InChI=1S/C42H64O17/c1-10-40(7,52)19-13-16-24(4)35(49)56-33-28(23-44)55-39(32(48)34(33)57-36(50)25(5)17-14-20-41(8,53)11-2)59-42(9,12-3)21-15-18-26(6)37(51)58-38-31(47)30(46)29(45)27(22-43)54-38/h10-12,16-18,27-34,38-39,43-48,52-53H,1-3,13-15,19-23H2,4-9H3/b24-16+,25-17+,26-18+/t27-,28-,29-,30+,31-,32-,33-,34-,38+,39+,40+,41+,42+/m1/s1. The highest BCUT2D eigenvalue weighted by atomic mass is 16.7. The molecule has 0 amide bonds. The topological polar surface area (TPSA) is 268 Å². The van der Waals surface area contributed by atoms with Crippen LogP contribution in [0.1, 0.15) is 80.1 Å². The third-order valence-corrected chi connectivity index (χ3v) is 10.3. The fraction of sp³-hybridized carbons (Fsp3) is 0.643. The van der Waals surface area contributed by atoms with Gasteiger partial charge in [0.25, 0.3) is 0 Å². The van der Waals surface area contributed by atoms with Crippen LogP contribution < -0.4 is 0 Å². The molecule has 2 aliphatic heterocycles. The van der Waals surface area contributed by atoms with Crippen molar-refractivity contribution in [2.75, 3.05) is 13.2 Å². The molecular weight excluding hydrogens is 776 g/mol. The van der Waals surface area contributed by atoms with E-state index in [1.807, 2.05) is 0 Å². The molecule has 8 N–H and O–H groups in total. The Balaban J connectivity index is 2.30. The summed E-state index contributed by atoms with van der Waals surface area (Å²) in [5, 5.41) is 82.2. The Morgan fingerprint density at radius 3 is 1.44 bits per heavy atom. The molecule has 2 saturated heterocycles. The fourth-order valence-electron chi connectivity index (χ4n) is 5.88. The first-order valence-electron chi connectivity index (χ1n) is 19.4. The Bertz CT molecular complexity index is 1550. The molecule has 59 heavy (non-hydrogen) atoms. The van der Waals surface area contributed by atoms with Crippen LogP contribution in [0.25, 0.3) is 0 Å². The first-order valence-corrected chi connectivity index (χ1v) is 19.4. The predicted molar refractivity (Wildman–Crippen MR) is 212 cm³/mol. The molecule has 0 aromatic heterocycles. The molecule has 0 aromatic carbocycles. The van der Waals surface area contributed by atoms with Crippen molar-refractivity contribution >= 4 is 17.9 Å². The van der Waals surface area contributed by atoms with Crippen LogP contribution in [-0.2, 0) is 42.8 Å². The van der Waals surface area contributed by atoms with Crippen LogP contribution in [0.2, 0.25) is 0 Å². The summed E-state index contributed by atoms with van der Waals surface area (Å²) in [6.07, 6.45) is -6.08. The average molecular weight is 841 g/mol. The van der Waals surface area contributed by atoms with Gasteiger partial charge in [-0.05, 0) is 80.1 Å². The van der Waals surface area contributed by atoms with Crippen LogP contribution in [0.15, 0.2) is 72.9 Å². The number of hydrogen-bond donors (Lipinski definition) is 8. The third kappa shape index (κ3) is 15.1. The van der Waals surface area contributed by atoms with Crippen molar-refractivity contribution in [1.82, 2.24) is 0 Å². The minimum absolute atomic E-state index is 0.0614. The van der Waals surface area contributed by atoms with E-state index in [9.17, 15) is 55.2 Å². The Morgan fingerprint density at radius 2 is 1.00 bits per heavy atom. The van der Waals surface area contributed by atoms with Crippen LogP contribution in [0.4, 0.5) is 0 Å². The van der Waals surface area contributed by atoms with Crippen molar-refractivity contribution in [3.63, 3.8) is 0 Å². The molecule has 2 aliphatic rings. The lowest BCUT2D eigenvalue weighted by atomic mass is 9.96. The number of allylic oxidation sites excluding steroid dienone is 3. The quantitative estimate of drug-likeness (QED) is 0.0330. The third-order valence-electron chi connectivity index (χ3n) is 10.3. The van der Waals surface area contributed by atoms with Crippen LogP contribution in [0, 0.1) is 0 Å². The number of rotatable bonds is 22. The van der Waals surface area contributed by atoms with E-state index in [-0.39, 0.29) is 55.2 Å². The second-order valence-electron chi connectivity index (χ2n) is 15.6. The summed E-state index contributed by atoms with van der Waals surface area (Å²) in [5.41, 5.74) is -3.36. The van der Waals surface area contributed by atoms with Gasteiger partial charge in [0.2, 0.25) is 6.29 Å². The number of ether oxygens (including phenoxy) is 6. The molecule has 2 fully saturated rings. The van der Waals surface area contributed by atoms with E-state index in [0.29, 0.717) is 0 Å². The van der Waals surface area contributed by atoms with Crippen molar-refractivity contribution in [2.45, 2.75) is 158 Å².